The molecule has 158 valence electrons. The van der Waals surface area contributed by atoms with Crippen molar-refractivity contribution in [3.05, 3.63) is 69.5 Å². The third kappa shape index (κ3) is 4.74. The summed E-state index contributed by atoms with van der Waals surface area (Å²) in [5.74, 6) is -2.59. The largest absolute Gasteiger partial charge is 0.417 e. The van der Waals surface area contributed by atoms with Gasteiger partial charge in [-0.25, -0.2) is 9.18 Å². The van der Waals surface area contributed by atoms with Gasteiger partial charge in [0, 0.05) is 18.7 Å². The number of oxazole rings is 1. The SMILES string of the molecule is CC(O)C(C)C(=O)NCc1ccc(CNC(=O)c2cccc3oc(=O)[nH]c23)cc1F. The van der Waals surface area contributed by atoms with Crippen LogP contribution < -0.4 is 16.4 Å². The number of fused-ring (bicyclic) bond motifs is 1. The molecule has 0 aliphatic carbocycles. The molecular weight excluding hydrogens is 393 g/mol. The molecule has 2 aromatic carbocycles. The Bertz CT molecular complexity index is 1140. The molecule has 3 rings (SSSR count). The molecule has 4 N–H and O–H groups in total. The molecule has 0 saturated carbocycles. The average Bonchev–Trinajstić information content (AvgIpc) is 3.10. The third-order valence-electron chi connectivity index (χ3n) is 4.86. The van der Waals surface area contributed by atoms with Gasteiger partial charge < -0.3 is 20.2 Å². The van der Waals surface area contributed by atoms with Gasteiger partial charge in [-0.1, -0.05) is 25.1 Å². The summed E-state index contributed by atoms with van der Waals surface area (Å²) in [6, 6.07) is 9.15. The fraction of sp³-hybridized carbons (Fsp3) is 0.286. The zero-order valence-electron chi connectivity index (χ0n) is 16.5. The standard InChI is InChI=1S/C21H22FN3O5/c1-11(12(2)26)19(27)24-10-14-7-6-13(8-16(14)22)9-23-20(28)15-4-3-5-17-18(15)25-21(29)30-17/h3-8,11-12,26H,9-10H2,1-2H3,(H,23,28)(H,24,27)(H,25,29). The number of carbonyl (C=O) groups excluding carboxylic acids is 2. The van der Waals surface area contributed by atoms with Gasteiger partial charge >= 0.3 is 5.76 Å². The predicted molar refractivity (Wildman–Crippen MR) is 107 cm³/mol. The number of nitrogens with one attached hydrogen (secondary N) is 3. The van der Waals surface area contributed by atoms with Gasteiger partial charge in [0.25, 0.3) is 5.91 Å². The Kier molecular flexibility index (Phi) is 6.31. The summed E-state index contributed by atoms with van der Waals surface area (Å²) in [6.07, 6.45) is -0.799. The first-order chi connectivity index (χ1) is 14.3. The second-order valence-electron chi connectivity index (χ2n) is 7.05. The number of H-pyrrole nitrogens is 1. The number of hydrogen-bond donors (Lipinski definition) is 4. The summed E-state index contributed by atoms with van der Waals surface area (Å²) in [5, 5.41) is 14.7. The van der Waals surface area contributed by atoms with Crippen LogP contribution in [-0.4, -0.2) is 28.0 Å². The summed E-state index contributed by atoms with van der Waals surface area (Å²) in [6.45, 7) is 3.16. The number of aliphatic hydroxyl groups is 1. The number of hydrogen-bond acceptors (Lipinski definition) is 5. The quantitative estimate of drug-likeness (QED) is 0.469. The second-order valence-corrected chi connectivity index (χ2v) is 7.05. The summed E-state index contributed by atoms with van der Waals surface area (Å²) in [7, 11) is 0. The number of para-hydroxylation sites is 1. The smallest absolute Gasteiger partial charge is 0.408 e. The highest BCUT2D eigenvalue weighted by molar-refractivity contribution is 6.04. The molecule has 2 amide bonds. The third-order valence-corrected chi connectivity index (χ3v) is 4.86. The van der Waals surface area contributed by atoms with Crippen molar-refractivity contribution in [2.75, 3.05) is 0 Å². The second kappa shape index (κ2) is 8.91. The Morgan fingerprint density at radius 1 is 1.17 bits per heavy atom. The molecule has 8 nitrogen and oxygen atoms in total. The van der Waals surface area contributed by atoms with E-state index in [0.717, 1.165) is 0 Å². The summed E-state index contributed by atoms with van der Waals surface area (Å²) in [4.78, 5) is 38.1. The van der Waals surface area contributed by atoms with Crippen molar-refractivity contribution in [1.29, 1.82) is 0 Å². The lowest BCUT2D eigenvalue weighted by molar-refractivity contribution is -0.127. The highest BCUT2D eigenvalue weighted by Crippen LogP contribution is 2.16. The lowest BCUT2D eigenvalue weighted by atomic mass is 10.1. The Morgan fingerprint density at radius 3 is 2.63 bits per heavy atom. The maximum atomic E-state index is 14.4. The number of aromatic nitrogens is 1. The number of rotatable bonds is 7. The average molecular weight is 415 g/mol. The van der Waals surface area contributed by atoms with E-state index >= 15 is 0 Å². The first kappa shape index (κ1) is 21.3. The molecule has 0 spiro atoms. The fourth-order valence-electron chi connectivity index (χ4n) is 2.85. The normalized spacial score (nSPS) is 13.1. The maximum Gasteiger partial charge on any atom is 0.417 e. The minimum atomic E-state index is -0.799. The maximum absolute atomic E-state index is 14.4. The van der Waals surface area contributed by atoms with E-state index in [-0.39, 0.29) is 35.7 Å². The van der Waals surface area contributed by atoms with E-state index in [1.807, 2.05) is 0 Å². The number of amides is 2. The van der Waals surface area contributed by atoms with Crippen molar-refractivity contribution in [2.45, 2.75) is 33.0 Å². The molecule has 0 aliphatic rings. The predicted octanol–water partition coefficient (Wildman–Crippen LogP) is 1.82. The number of carbonyl (C=O) groups is 2. The molecule has 0 bridgehead atoms. The topological polar surface area (TPSA) is 124 Å². The molecule has 0 saturated heterocycles. The van der Waals surface area contributed by atoms with Crippen LogP contribution in [-0.2, 0) is 17.9 Å². The zero-order chi connectivity index (χ0) is 21.8. The van der Waals surface area contributed by atoms with E-state index in [1.165, 1.54) is 19.1 Å². The molecule has 1 aromatic heterocycles. The molecule has 9 heteroatoms. The monoisotopic (exact) mass is 415 g/mol. The van der Waals surface area contributed by atoms with Crippen LogP contribution in [0, 0.1) is 11.7 Å². The summed E-state index contributed by atoms with van der Waals surface area (Å²) < 4.78 is 19.3. The fourth-order valence-corrected chi connectivity index (χ4v) is 2.85. The van der Waals surface area contributed by atoms with Crippen LogP contribution in [0.25, 0.3) is 11.1 Å². The van der Waals surface area contributed by atoms with Gasteiger partial charge in [0.05, 0.1) is 23.1 Å². The molecule has 3 aromatic rings. The van der Waals surface area contributed by atoms with Crippen molar-refractivity contribution < 1.29 is 23.5 Å². The van der Waals surface area contributed by atoms with E-state index < -0.39 is 29.5 Å². The van der Waals surface area contributed by atoms with Gasteiger partial charge in [-0.2, -0.15) is 0 Å². The van der Waals surface area contributed by atoms with Crippen molar-refractivity contribution in [1.82, 2.24) is 15.6 Å². The van der Waals surface area contributed by atoms with Crippen molar-refractivity contribution in [3.63, 3.8) is 0 Å². The molecule has 0 aliphatic heterocycles. The molecule has 2 atom stereocenters. The Labute approximate surface area is 171 Å². The van der Waals surface area contributed by atoms with Gasteiger partial charge in [0.1, 0.15) is 5.82 Å². The summed E-state index contributed by atoms with van der Waals surface area (Å²) >= 11 is 0. The molecule has 0 fully saturated rings. The first-order valence-corrected chi connectivity index (χ1v) is 9.39. The van der Waals surface area contributed by atoms with Crippen LogP contribution in [0.1, 0.15) is 35.3 Å². The van der Waals surface area contributed by atoms with Gasteiger partial charge in [-0.15, -0.1) is 0 Å². The van der Waals surface area contributed by atoms with Crippen LogP contribution in [0.2, 0.25) is 0 Å². The van der Waals surface area contributed by atoms with Crippen LogP contribution >= 0.6 is 0 Å². The van der Waals surface area contributed by atoms with Gasteiger partial charge in [-0.05, 0) is 30.7 Å². The van der Waals surface area contributed by atoms with Gasteiger partial charge in [-0.3, -0.25) is 14.6 Å². The zero-order valence-corrected chi connectivity index (χ0v) is 16.5. The van der Waals surface area contributed by atoms with E-state index in [2.05, 4.69) is 15.6 Å². The highest BCUT2D eigenvalue weighted by Gasteiger charge is 2.18. The van der Waals surface area contributed by atoms with E-state index in [4.69, 9.17) is 4.42 Å². The Morgan fingerprint density at radius 2 is 1.93 bits per heavy atom. The lowest BCUT2D eigenvalue weighted by Gasteiger charge is -2.15. The van der Waals surface area contributed by atoms with Gasteiger partial charge in [0.2, 0.25) is 5.91 Å². The molecule has 1 heterocycles. The van der Waals surface area contributed by atoms with E-state index in [1.54, 1.807) is 31.2 Å². The van der Waals surface area contributed by atoms with Gasteiger partial charge in [0.15, 0.2) is 5.58 Å². The minimum Gasteiger partial charge on any atom is -0.408 e. The Balaban J connectivity index is 1.62. The van der Waals surface area contributed by atoms with Crippen molar-refractivity contribution in [3.8, 4) is 0 Å². The van der Waals surface area contributed by atoms with E-state index in [0.29, 0.717) is 11.1 Å². The lowest BCUT2D eigenvalue weighted by Crippen LogP contribution is -2.34. The highest BCUT2D eigenvalue weighted by atomic mass is 19.1. The Hall–Kier alpha value is -3.46. The minimum absolute atomic E-state index is 0.00971. The number of benzene rings is 2. The first-order valence-electron chi connectivity index (χ1n) is 9.39. The van der Waals surface area contributed by atoms with Crippen LogP contribution in [0.5, 0.6) is 0 Å². The van der Waals surface area contributed by atoms with Crippen LogP contribution in [0.15, 0.2) is 45.6 Å². The molecular formula is C21H22FN3O5. The van der Waals surface area contributed by atoms with Crippen LogP contribution in [0.4, 0.5) is 4.39 Å². The summed E-state index contributed by atoms with van der Waals surface area (Å²) in [5.41, 5.74) is 1.63. The molecule has 30 heavy (non-hydrogen) atoms. The van der Waals surface area contributed by atoms with Crippen LogP contribution in [0.3, 0.4) is 0 Å². The molecule has 0 radical (unpaired) electrons. The van der Waals surface area contributed by atoms with Crippen molar-refractivity contribution >= 4 is 22.9 Å². The molecule has 2 unspecified atom stereocenters. The van der Waals surface area contributed by atoms with Crippen molar-refractivity contribution in [2.24, 2.45) is 5.92 Å². The van der Waals surface area contributed by atoms with E-state index in [9.17, 15) is 23.9 Å². The number of halogens is 1. The number of aliphatic hydroxyl groups excluding tert-OH is 1. The number of aromatic amines is 1.